The summed E-state index contributed by atoms with van der Waals surface area (Å²) >= 11 is 0. The van der Waals surface area contributed by atoms with Gasteiger partial charge in [0.15, 0.2) is 5.43 Å². The quantitative estimate of drug-likeness (QED) is 0.918. The SMILES string of the molecule is CCCCn1c(C(=O)O)cc(=O)c2cc(N(C)C)ccc21. The number of aromatic carboxylic acids is 1. The highest BCUT2D eigenvalue weighted by atomic mass is 16.4. The van der Waals surface area contributed by atoms with E-state index in [1.54, 1.807) is 4.57 Å². The number of carboxylic acid groups (broad SMARTS) is 1. The van der Waals surface area contributed by atoms with Gasteiger partial charge in [0, 0.05) is 37.8 Å². The van der Waals surface area contributed by atoms with E-state index in [4.69, 9.17) is 0 Å². The normalized spacial score (nSPS) is 10.8. The van der Waals surface area contributed by atoms with Gasteiger partial charge in [0.1, 0.15) is 5.69 Å². The van der Waals surface area contributed by atoms with Crippen LogP contribution in [-0.2, 0) is 6.54 Å². The maximum absolute atomic E-state index is 12.2. The van der Waals surface area contributed by atoms with E-state index in [2.05, 4.69) is 6.92 Å². The molecule has 2 aromatic rings. The first-order valence-corrected chi connectivity index (χ1v) is 7.04. The zero-order valence-electron chi connectivity index (χ0n) is 12.6. The van der Waals surface area contributed by atoms with Crippen molar-refractivity contribution >= 4 is 22.6 Å². The smallest absolute Gasteiger partial charge is 0.352 e. The van der Waals surface area contributed by atoms with Crippen molar-refractivity contribution in [1.29, 1.82) is 0 Å². The van der Waals surface area contributed by atoms with Crippen molar-refractivity contribution in [3.05, 3.63) is 40.2 Å². The van der Waals surface area contributed by atoms with Crippen molar-refractivity contribution in [3.63, 3.8) is 0 Å². The van der Waals surface area contributed by atoms with E-state index >= 15 is 0 Å². The Bertz CT molecular complexity index is 732. The number of hydrogen-bond acceptors (Lipinski definition) is 3. The van der Waals surface area contributed by atoms with Crippen LogP contribution in [0.5, 0.6) is 0 Å². The molecule has 0 spiro atoms. The van der Waals surface area contributed by atoms with Gasteiger partial charge in [-0.2, -0.15) is 0 Å². The summed E-state index contributed by atoms with van der Waals surface area (Å²) in [5, 5.41) is 9.88. The highest BCUT2D eigenvalue weighted by Crippen LogP contribution is 2.20. The molecular weight excluding hydrogens is 268 g/mol. The van der Waals surface area contributed by atoms with E-state index in [-0.39, 0.29) is 11.1 Å². The van der Waals surface area contributed by atoms with Gasteiger partial charge in [-0.3, -0.25) is 4.79 Å². The molecule has 5 nitrogen and oxygen atoms in total. The molecule has 0 fully saturated rings. The summed E-state index contributed by atoms with van der Waals surface area (Å²) in [6, 6.07) is 6.76. The van der Waals surface area contributed by atoms with Crippen LogP contribution >= 0.6 is 0 Å². The zero-order valence-corrected chi connectivity index (χ0v) is 12.6. The number of aryl methyl sites for hydroxylation is 1. The van der Waals surface area contributed by atoms with Gasteiger partial charge in [-0.15, -0.1) is 0 Å². The summed E-state index contributed by atoms with van der Waals surface area (Å²) in [6.45, 7) is 2.64. The molecule has 0 saturated heterocycles. The van der Waals surface area contributed by atoms with E-state index in [0.29, 0.717) is 17.4 Å². The average Bonchev–Trinajstić information content (AvgIpc) is 2.45. The number of hydrogen-bond donors (Lipinski definition) is 1. The Morgan fingerprint density at radius 2 is 2.00 bits per heavy atom. The number of aromatic nitrogens is 1. The Kier molecular flexibility index (Phi) is 4.31. The summed E-state index contributed by atoms with van der Waals surface area (Å²) in [4.78, 5) is 25.5. The number of benzene rings is 1. The minimum absolute atomic E-state index is 0.0542. The Morgan fingerprint density at radius 1 is 1.29 bits per heavy atom. The van der Waals surface area contributed by atoms with Gasteiger partial charge < -0.3 is 14.6 Å². The zero-order chi connectivity index (χ0) is 15.6. The van der Waals surface area contributed by atoms with Crippen molar-refractivity contribution in [1.82, 2.24) is 4.57 Å². The lowest BCUT2D eigenvalue weighted by atomic mass is 10.1. The molecule has 21 heavy (non-hydrogen) atoms. The predicted molar refractivity (Wildman–Crippen MR) is 84.4 cm³/mol. The first kappa shape index (κ1) is 15.1. The maximum atomic E-state index is 12.2. The molecule has 1 aromatic heterocycles. The molecule has 1 aromatic carbocycles. The fourth-order valence-corrected chi connectivity index (χ4v) is 2.38. The highest BCUT2D eigenvalue weighted by Gasteiger charge is 2.14. The topological polar surface area (TPSA) is 62.5 Å². The highest BCUT2D eigenvalue weighted by molar-refractivity contribution is 5.91. The van der Waals surface area contributed by atoms with Crippen LogP contribution in [0.4, 0.5) is 5.69 Å². The van der Waals surface area contributed by atoms with Crippen LogP contribution in [-0.4, -0.2) is 29.7 Å². The van der Waals surface area contributed by atoms with Gasteiger partial charge in [-0.1, -0.05) is 13.3 Å². The Balaban J connectivity index is 2.75. The van der Waals surface area contributed by atoms with Crippen LogP contribution in [0.25, 0.3) is 10.9 Å². The van der Waals surface area contributed by atoms with Gasteiger partial charge in [0.25, 0.3) is 0 Å². The Morgan fingerprint density at radius 3 is 2.57 bits per heavy atom. The van der Waals surface area contributed by atoms with Crippen molar-refractivity contribution in [3.8, 4) is 0 Å². The molecule has 0 unspecified atom stereocenters. The predicted octanol–water partition coefficient (Wildman–Crippen LogP) is 2.57. The molecule has 0 amide bonds. The lowest BCUT2D eigenvalue weighted by Crippen LogP contribution is -2.19. The first-order valence-electron chi connectivity index (χ1n) is 7.04. The fraction of sp³-hybridized carbons (Fsp3) is 0.375. The number of fused-ring (bicyclic) bond motifs is 1. The number of anilines is 1. The molecule has 5 heteroatoms. The Labute approximate surface area is 123 Å². The van der Waals surface area contributed by atoms with Crippen LogP contribution in [0.1, 0.15) is 30.3 Å². The molecule has 0 radical (unpaired) electrons. The molecule has 112 valence electrons. The molecule has 2 rings (SSSR count). The molecule has 0 aliphatic rings. The summed E-state index contributed by atoms with van der Waals surface area (Å²) in [5.41, 5.74) is 1.40. The van der Waals surface area contributed by atoms with Gasteiger partial charge in [0.2, 0.25) is 0 Å². The minimum Gasteiger partial charge on any atom is -0.477 e. The standard InChI is InChI=1S/C16H20N2O3/c1-4-5-8-18-13-7-6-11(17(2)3)9-12(13)15(19)10-14(18)16(20)21/h6-7,9-10H,4-5,8H2,1-3H3,(H,20,21). The molecule has 0 aliphatic carbocycles. The van der Waals surface area contributed by atoms with Crippen LogP contribution in [0.15, 0.2) is 29.1 Å². The number of rotatable bonds is 5. The maximum Gasteiger partial charge on any atom is 0.352 e. The van der Waals surface area contributed by atoms with Gasteiger partial charge in [-0.05, 0) is 24.6 Å². The number of carboxylic acids is 1. The number of pyridine rings is 1. The summed E-state index contributed by atoms with van der Waals surface area (Å²) in [5.74, 6) is -1.07. The lowest BCUT2D eigenvalue weighted by molar-refractivity contribution is 0.0684. The third-order valence-electron chi connectivity index (χ3n) is 3.57. The molecular formula is C16H20N2O3. The molecule has 0 saturated carbocycles. The average molecular weight is 288 g/mol. The number of nitrogens with zero attached hydrogens (tertiary/aromatic N) is 2. The first-order chi connectivity index (χ1) is 9.95. The van der Waals surface area contributed by atoms with Crippen LogP contribution < -0.4 is 10.3 Å². The largest absolute Gasteiger partial charge is 0.477 e. The molecule has 1 heterocycles. The lowest BCUT2D eigenvalue weighted by Gasteiger charge is -2.17. The minimum atomic E-state index is -1.07. The summed E-state index contributed by atoms with van der Waals surface area (Å²) in [7, 11) is 3.81. The van der Waals surface area contributed by atoms with Crippen LogP contribution in [0.3, 0.4) is 0 Å². The van der Waals surface area contributed by atoms with E-state index in [1.807, 2.05) is 37.2 Å². The van der Waals surface area contributed by atoms with Gasteiger partial charge in [0.05, 0.1) is 5.52 Å². The van der Waals surface area contributed by atoms with Crippen LogP contribution in [0.2, 0.25) is 0 Å². The van der Waals surface area contributed by atoms with Gasteiger partial charge in [-0.25, -0.2) is 4.79 Å². The van der Waals surface area contributed by atoms with Crippen LogP contribution in [0, 0.1) is 0 Å². The summed E-state index contributed by atoms with van der Waals surface area (Å²) in [6.07, 6.45) is 1.83. The second-order valence-corrected chi connectivity index (χ2v) is 5.30. The number of unbranched alkanes of at least 4 members (excludes halogenated alkanes) is 1. The van der Waals surface area contributed by atoms with E-state index in [0.717, 1.165) is 18.5 Å². The summed E-state index contributed by atoms with van der Waals surface area (Å²) < 4.78 is 1.72. The Hall–Kier alpha value is -2.30. The van der Waals surface area contributed by atoms with Crippen molar-refractivity contribution < 1.29 is 9.90 Å². The molecule has 0 aliphatic heterocycles. The monoisotopic (exact) mass is 288 g/mol. The third-order valence-corrected chi connectivity index (χ3v) is 3.57. The fourth-order valence-electron chi connectivity index (χ4n) is 2.38. The van der Waals surface area contributed by atoms with Crippen molar-refractivity contribution in [2.75, 3.05) is 19.0 Å². The second-order valence-electron chi connectivity index (χ2n) is 5.30. The second kappa shape index (κ2) is 5.99. The van der Waals surface area contributed by atoms with Crippen molar-refractivity contribution in [2.45, 2.75) is 26.3 Å². The molecule has 0 bridgehead atoms. The van der Waals surface area contributed by atoms with E-state index in [9.17, 15) is 14.7 Å². The molecule has 1 N–H and O–H groups in total. The number of carbonyl (C=O) groups is 1. The van der Waals surface area contributed by atoms with Gasteiger partial charge >= 0.3 is 5.97 Å². The van der Waals surface area contributed by atoms with Crippen molar-refractivity contribution in [2.24, 2.45) is 0 Å². The third kappa shape index (κ3) is 2.91. The van der Waals surface area contributed by atoms with E-state index < -0.39 is 5.97 Å². The molecule has 0 atom stereocenters. The van der Waals surface area contributed by atoms with E-state index in [1.165, 1.54) is 6.07 Å².